The van der Waals surface area contributed by atoms with Gasteiger partial charge in [-0.1, -0.05) is 159 Å². The highest BCUT2D eigenvalue weighted by atomic mass is 14.9. The van der Waals surface area contributed by atoms with Crippen molar-refractivity contribution in [2.75, 3.05) is 0 Å². The van der Waals surface area contributed by atoms with E-state index in [0.717, 1.165) is 50.0 Å². The van der Waals surface area contributed by atoms with Crippen molar-refractivity contribution >= 4 is 21.5 Å². The fourth-order valence-electron chi connectivity index (χ4n) is 9.07. The van der Waals surface area contributed by atoms with E-state index in [2.05, 4.69) is 195 Å². The molecule has 3 heteroatoms. The molecule has 3 nitrogen and oxygen atoms in total. The fraction of sp³-hybridized carbons (Fsp3) is 0.0536. The normalized spacial score (nSPS) is 12.7. The van der Waals surface area contributed by atoms with Crippen molar-refractivity contribution < 1.29 is 0 Å². The molecule has 1 aliphatic carbocycles. The van der Waals surface area contributed by atoms with Crippen LogP contribution in [0.5, 0.6) is 0 Å². The SMILES string of the molecule is CC1(C)c2ccc(-c3cccc(-c4ccc(-c5nc(-c6ccccc6)cc(-c6ccc(-c7cccnc7)cc6)n5)c5ccccc45)c3)cc2-c2cc3ccccc3cc21. The summed E-state index contributed by atoms with van der Waals surface area (Å²) in [5.41, 5.74) is 17.2. The second-order valence-corrected chi connectivity index (χ2v) is 16.1. The first-order valence-electron chi connectivity index (χ1n) is 20.2. The molecule has 0 saturated carbocycles. The molecule has 0 unspecified atom stereocenters. The lowest BCUT2D eigenvalue weighted by atomic mass is 9.81. The summed E-state index contributed by atoms with van der Waals surface area (Å²) >= 11 is 0. The summed E-state index contributed by atoms with van der Waals surface area (Å²) in [7, 11) is 0. The molecule has 2 heterocycles. The molecule has 278 valence electrons. The molecule has 0 amide bonds. The zero-order valence-electron chi connectivity index (χ0n) is 32.9. The largest absolute Gasteiger partial charge is 0.264 e. The highest BCUT2D eigenvalue weighted by Gasteiger charge is 2.35. The molecule has 0 N–H and O–H groups in total. The monoisotopic (exact) mass is 753 g/mol. The van der Waals surface area contributed by atoms with Gasteiger partial charge in [-0.15, -0.1) is 0 Å². The summed E-state index contributed by atoms with van der Waals surface area (Å²) in [6.07, 6.45) is 3.69. The van der Waals surface area contributed by atoms with Gasteiger partial charge in [0.25, 0.3) is 0 Å². The first kappa shape index (κ1) is 34.7. The van der Waals surface area contributed by atoms with Crippen LogP contribution >= 0.6 is 0 Å². The van der Waals surface area contributed by atoms with Gasteiger partial charge in [-0.25, -0.2) is 9.97 Å². The van der Waals surface area contributed by atoms with Gasteiger partial charge < -0.3 is 0 Å². The van der Waals surface area contributed by atoms with Gasteiger partial charge in [0.15, 0.2) is 5.82 Å². The number of hydrogen-bond donors (Lipinski definition) is 0. The summed E-state index contributed by atoms with van der Waals surface area (Å²) in [6, 6.07) is 67.7. The Labute approximate surface area is 344 Å². The van der Waals surface area contributed by atoms with E-state index in [4.69, 9.17) is 9.97 Å². The maximum absolute atomic E-state index is 5.26. The van der Waals surface area contributed by atoms with E-state index in [1.807, 2.05) is 18.3 Å². The maximum atomic E-state index is 5.26. The molecule has 0 bridgehead atoms. The minimum atomic E-state index is -0.0637. The van der Waals surface area contributed by atoms with Crippen LogP contribution in [-0.2, 0) is 5.41 Å². The van der Waals surface area contributed by atoms with Gasteiger partial charge in [0.1, 0.15) is 0 Å². The van der Waals surface area contributed by atoms with Crippen LogP contribution in [0.4, 0.5) is 0 Å². The summed E-state index contributed by atoms with van der Waals surface area (Å²) in [5.74, 6) is 0.698. The smallest absolute Gasteiger partial charge is 0.161 e. The van der Waals surface area contributed by atoms with Gasteiger partial charge in [-0.3, -0.25) is 4.98 Å². The summed E-state index contributed by atoms with van der Waals surface area (Å²) in [4.78, 5) is 14.8. The zero-order chi connectivity index (χ0) is 39.5. The highest BCUT2D eigenvalue weighted by Crippen LogP contribution is 2.51. The molecule has 0 saturated heterocycles. The lowest BCUT2D eigenvalue weighted by Gasteiger charge is -2.22. The van der Waals surface area contributed by atoms with Crippen LogP contribution in [0.1, 0.15) is 25.0 Å². The van der Waals surface area contributed by atoms with E-state index >= 15 is 0 Å². The Morgan fingerprint density at radius 3 is 1.69 bits per heavy atom. The average molecular weight is 754 g/mol. The van der Waals surface area contributed by atoms with Crippen molar-refractivity contribution in [1.82, 2.24) is 15.0 Å². The number of benzene rings is 8. The van der Waals surface area contributed by atoms with Crippen LogP contribution in [0.15, 0.2) is 200 Å². The molecule has 0 fully saturated rings. The van der Waals surface area contributed by atoms with Gasteiger partial charge in [0.2, 0.25) is 0 Å². The first-order valence-corrected chi connectivity index (χ1v) is 20.2. The molecule has 11 rings (SSSR count). The Bertz CT molecular complexity index is 3220. The van der Waals surface area contributed by atoms with Crippen molar-refractivity contribution in [2.24, 2.45) is 0 Å². The number of aromatic nitrogens is 3. The van der Waals surface area contributed by atoms with E-state index in [9.17, 15) is 0 Å². The van der Waals surface area contributed by atoms with Crippen molar-refractivity contribution in [3.8, 4) is 78.4 Å². The lowest BCUT2D eigenvalue weighted by molar-refractivity contribution is 0.661. The molecule has 0 spiro atoms. The van der Waals surface area contributed by atoms with Gasteiger partial charge >= 0.3 is 0 Å². The molecule has 2 aromatic heterocycles. The summed E-state index contributed by atoms with van der Waals surface area (Å²) in [6.45, 7) is 4.71. The van der Waals surface area contributed by atoms with Crippen molar-refractivity contribution in [2.45, 2.75) is 19.3 Å². The number of hydrogen-bond acceptors (Lipinski definition) is 3. The van der Waals surface area contributed by atoms with Crippen molar-refractivity contribution in [3.05, 3.63) is 212 Å². The van der Waals surface area contributed by atoms with E-state index < -0.39 is 0 Å². The second-order valence-electron chi connectivity index (χ2n) is 16.1. The topological polar surface area (TPSA) is 38.7 Å². The van der Waals surface area contributed by atoms with Gasteiger partial charge in [0.05, 0.1) is 11.4 Å². The molecular weight excluding hydrogens is 715 g/mol. The van der Waals surface area contributed by atoms with E-state index in [1.165, 1.54) is 55.3 Å². The van der Waals surface area contributed by atoms with Gasteiger partial charge in [0, 0.05) is 34.5 Å². The Kier molecular flexibility index (Phi) is 8.16. The third-order valence-electron chi connectivity index (χ3n) is 12.2. The fourth-order valence-corrected chi connectivity index (χ4v) is 9.07. The Hall–Kier alpha value is -7.49. The molecule has 8 aromatic carbocycles. The number of nitrogens with zero attached hydrogens (tertiary/aromatic N) is 3. The standard InChI is InChI=1S/C56H39N3/c1-56(2)51-28-25-42(32-49(51)50-31-40-14-6-7-15-41(40)33-52(50)56)39-16-10-17-43(30-39)45-26-27-48(47-20-9-8-19-46(45)47)55-58-53(37-12-4-3-5-13-37)34-54(59-55)38-23-21-36(22-24-38)44-18-11-29-57-35-44/h3-35H,1-2H3. The lowest BCUT2D eigenvalue weighted by Crippen LogP contribution is -2.14. The number of pyridine rings is 1. The third kappa shape index (κ3) is 6.02. The first-order chi connectivity index (χ1) is 29.0. The second kappa shape index (κ2) is 13.9. The third-order valence-corrected chi connectivity index (χ3v) is 12.2. The summed E-state index contributed by atoms with van der Waals surface area (Å²) < 4.78 is 0. The Morgan fingerprint density at radius 2 is 0.932 bits per heavy atom. The summed E-state index contributed by atoms with van der Waals surface area (Å²) in [5, 5.41) is 4.85. The molecule has 59 heavy (non-hydrogen) atoms. The van der Waals surface area contributed by atoms with Crippen LogP contribution < -0.4 is 0 Å². The van der Waals surface area contributed by atoms with Crippen LogP contribution in [0.2, 0.25) is 0 Å². The van der Waals surface area contributed by atoms with Crippen LogP contribution in [0, 0.1) is 0 Å². The Morgan fingerprint density at radius 1 is 0.356 bits per heavy atom. The van der Waals surface area contributed by atoms with Gasteiger partial charge in [-0.2, -0.15) is 0 Å². The van der Waals surface area contributed by atoms with E-state index in [1.54, 1.807) is 6.20 Å². The van der Waals surface area contributed by atoms with Crippen LogP contribution in [0.25, 0.3) is 100.0 Å². The van der Waals surface area contributed by atoms with Crippen LogP contribution in [-0.4, -0.2) is 15.0 Å². The van der Waals surface area contributed by atoms with Crippen molar-refractivity contribution in [1.29, 1.82) is 0 Å². The average Bonchev–Trinajstić information content (AvgIpc) is 3.52. The van der Waals surface area contributed by atoms with Crippen molar-refractivity contribution in [3.63, 3.8) is 0 Å². The minimum Gasteiger partial charge on any atom is -0.264 e. The quantitative estimate of drug-likeness (QED) is 0.170. The molecule has 0 radical (unpaired) electrons. The molecule has 0 atom stereocenters. The highest BCUT2D eigenvalue weighted by molar-refractivity contribution is 6.05. The van der Waals surface area contributed by atoms with Gasteiger partial charge in [-0.05, 0) is 120 Å². The maximum Gasteiger partial charge on any atom is 0.161 e. The number of fused-ring (bicyclic) bond motifs is 5. The number of rotatable bonds is 6. The predicted octanol–water partition coefficient (Wildman–Crippen LogP) is 14.5. The van der Waals surface area contributed by atoms with Crippen LogP contribution in [0.3, 0.4) is 0 Å². The van der Waals surface area contributed by atoms with E-state index in [0.29, 0.717) is 5.82 Å². The predicted molar refractivity (Wildman–Crippen MR) is 245 cm³/mol. The molecule has 10 aromatic rings. The molecule has 0 aliphatic heterocycles. The molecule has 1 aliphatic rings. The zero-order valence-corrected chi connectivity index (χ0v) is 32.9. The molecular formula is C56H39N3. The Balaban J connectivity index is 0.998. The van der Waals surface area contributed by atoms with E-state index in [-0.39, 0.29) is 5.41 Å². The minimum absolute atomic E-state index is 0.0637.